The van der Waals surface area contributed by atoms with Crippen LogP contribution in [-0.4, -0.2) is 28.6 Å². The third-order valence-electron chi connectivity index (χ3n) is 4.81. The van der Waals surface area contributed by atoms with Gasteiger partial charge in [0.1, 0.15) is 11.5 Å². The Balaban J connectivity index is 1.74. The SMILES string of the molecule is CCOC(=O)c1cccc(NC(=O)c2cc(-c3cc(C)oc3C)nc3onc(C)c23)c1. The molecule has 0 aliphatic heterocycles. The van der Waals surface area contributed by atoms with Crippen molar-refractivity contribution in [3.63, 3.8) is 0 Å². The van der Waals surface area contributed by atoms with Crippen LogP contribution in [0.2, 0.25) is 0 Å². The number of nitrogens with zero attached hydrogens (tertiary/aromatic N) is 2. The van der Waals surface area contributed by atoms with Crippen molar-refractivity contribution in [2.24, 2.45) is 0 Å². The van der Waals surface area contributed by atoms with E-state index >= 15 is 0 Å². The van der Waals surface area contributed by atoms with Crippen LogP contribution in [0.5, 0.6) is 0 Å². The summed E-state index contributed by atoms with van der Waals surface area (Å²) in [6.07, 6.45) is 0. The standard InChI is InChI=1S/C23H21N3O5/c1-5-29-23(28)15-7-6-8-16(10-15)24-21(27)18-11-19(17-9-12(2)30-14(17)4)25-22-20(18)13(3)26-31-22/h6-11H,5H2,1-4H3,(H,24,27). The zero-order valence-corrected chi connectivity index (χ0v) is 17.6. The van der Waals surface area contributed by atoms with Crippen LogP contribution in [0.15, 0.2) is 45.3 Å². The van der Waals surface area contributed by atoms with Crippen LogP contribution in [0.1, 0.15) is 44.9 Å². The van der Waals surface area contributed by atoms with Gasteiger partial charge in [0.25, 0.3) is 11.6 Å². The van der Waals surface area contributed by atoms with Gasteiger partial charge in [-0.25, -0.2) is 9.78 Å². The van der Waals surface area contributed by atoms with E-state index in [9.17, 15) is 9.59 Å². The van der Waals surface area contributed by atoms with Gasteiger partial charge >= 0.3 is 5.97 Å². The predicted molar refractivity (Wildman–Crippen MR) is 114 cm³/mol. The van der Waals surface area contributed by atoms with Gasteiger partial charge in [0.05, 0.1) is 34.5 Å². The van der Waals surface area contributed by atoms with E-state index in [1.54, 1.807) is 44.2 Å². The number of rotatable bonds is 5. The van der Waals surface area contributed by atoms with Gasteiger partial charge in [0, 0.05) is 11.3 Å². The normalized spacial score (nSPS) is 11.0. The Morgan fingerprint density at radius 1 is 1.13 bits per heavy atom. The van der Waals surface area contributed by atoms with Gasteiger partial charge in [-0.3, -0.25) is 4.79 Å². The molecule has 31 heavy (non-hydrogen) atoms. The molecule has 0 fully saturated rings. The van der Waals surface area contributed by atoms with Crippen molar-refractivity contribution in [2.75, 3.05) is 11.9 Å². The van der Waals surface area contributed by atoms with Crippen LogP contribution in [-0.2, 0) is 4.74 Å². The average molecular weight is 419 g/mol. The van der Waals surface area contributed by atoms with Crippen molar-refractivity contribution < 1.29 is 23.3 Å². The summed E-state index contributed by atoms with van der Waals surface area (Å²) in [5.74, 6) is 0.603. The number of nitrogens with one attached hydrogen (secondary N) is 1. The monoisotopic (exact) mass is 419 g/mol. The molecule has 0 aliphatic rings. The highest BCUT2D eigenvalue weighted by Gasteiger charge is 2.21. The third-order valence-corrected chi connectivity index (χ3v) is 4.81. The van der Waals surface area contributed by atoms with Crippen LogP contribution in [0.3, 0.4) is 0 Å². The van der Waals surface area contributed by atoms with Gasteiger partial charge in [-0.05, 0) is 58.0 Å². The molecule has 1 aromatic carbocycles. The van der Waals surface area contributed by atoms with Crippen molar-refractivity contribution >= 4 is 28.7 Å². The van der Waals surface area contributed by atoms with Crippen LogP contribution < -0.4 is 5.32 Å². The van der Waals surface area contributed by atoms with E-state index in [-0.39, 0.29) is 18.2 Å². The van der Waals surface area contributed by atoms with Gasteiger partial charge in [-0.15, -0.1) is 0 Å². The summed E-state index contributed by atoms with van der Waals surface area (Å²) < 4.78 is 16.0. The van der Waals surface area contributed by atoms with E-state index < -0.39 is 5.97 Å². The van der Waals surface area contributed by atoms with Crippen LogP contribution >= 0.6 is 0 Å². The van der Waals surface area contributed by atoms with Crippen molar-refractivity contribution in [3.05, 3.63) is 64.7 Å². The van der Waals surface area contributed by atoms with Crippen molar-refractivity contribution in [1.82, 2.24) is 10.1 Å². The molecule has 0 aliphatic carbocycles. The minimum Gasteiger partial charge on any atom is -0.466 e. The number of benzene rings is 1. The quantitative estimate of drug-likeness (QED) is 0.461. The van der Waals surface area contributed by atoms with Crippen LogP contribution in [0.4, 0.5) is 5.69 Å². The number of anilines is 1. The molecule has 3 heterocycles. The molecule has 8 nitrogen and oxygen atoms in total. The molecule has 3 aromatic heterocycles. The molecule has 0 saturated carbocycles. The smallest absolute Gasteiger partial charge is 0.338 e. The number of esters is 1. The van der Waals surface area contributed by atoms with Crippen molar-refractivity contribution in [3.8, 4) is 11.3 Å². The maximum absolute atomic E-state index is 13.2. The fraction of sp³-hybridized carbons (Fsp3) is 0.217. The van der Waals surface area contributed by atoms with Crippen molar-refractivity contribution in [1.29, 1.82) is 0 Å². The molecule has 0 atom stereocenters. The molecule has 0 unspecified atom stereocenters. The van der Waals surface area contributed by atoms with Gasteiger partial charge in [0.2, 0.25) is 0 Å². The number of carbonyl (C=O) groups excluding carboxylic acids is 2. The molecular weight excluding hydrogens is 398 g/mol. The number of aryl methyl sites for hydroxylation is 3. The molecular formula is C23H21N3O5. The molecule has 1 amide bonds. The molecule has 158 valence electrons. The summed E-state index contributed by atoms with van der Waals surface area (Å²) in [6, 6.07) is 10.1. The number of hydrogen-bond donors (Lipinski definition) is 1. The molecule has 8 heteroatoms. The number of carbonyl (C=O) groups is 2. The minimum absolute atomic E-state index is 0.263. The number of fused-ring (bicyclic) bond motifs is 1. The van der Waals surface area contributed by atoms with Gasteiger partial charge in [0.15, 0.2) is 0 Å². The zero-order valence-electron chi connectivity index (χ0n) is 17.6. The lowest BCUT2D eigenvalue weighted by Crippen LogP contribution is -2.14. The molecule has 0 bridgehead atoms. The Morgan fingerprint density at radius 3 is 2.65 bits per heavy atom. The summed E-state index contributed by atoms with van der Waals surface area (Å²) in [5, 5.41) is 7.33. The Kier molecular flexibility index (Phi) is 5.29. The molecule has 4 aromatic rings. The Bertz CT molecular complexity index is 1300. The topological polar surface area (TPSA) is 107 Å². The molecule has 4 rings (SSSR count). The minimum atomic E-state index is -0.451. The fourth-order valence-corrected chi connectivity index (χ4v) is 3.43. The second-order valence-corrected chi connectivity index (χ2v) is 7.09. The summed E-state index contributed by atoms with van der Waals surface area (Å²) in [5.41, 5.74) is 3.31. The number of amides is 1. The Morgan fingerprint density at radius 2 is 1.94 bits per heavy atom. The lowest BCUT2D eigenvalue weighted by Gasteiger charge is -2.09. The summed E-state index contributed by atoms with van der Waals surface area (Å²) in [4.78, 5) is 29.7. The maximum Gasteiger partial charge on any atom is 0.338 e. The van der Waals surface area contributed by atoms with E-state index in [1.807, 2.05) is 19.9 Å². The van der Waals surface area contributed by atoms with E-state index in [0.717, 1.165) is 11.3 Å². The first-order valence-electron chi connectivity index (χ1n) is 9.80. The second-order valence-electron chi connectivity index (χ2n) is 7.09. The maximum atomic E-state index is 13.2. The van der Waals surface area contributed by atoms with E-state index in [1.165, 1.54) is 0 Å². The van der Waals surface area contributed by atoms with Gasteiger partial charge < -0.3 is 19.0 Å². The van der Waals surface area contributed by atoms with E-state index in [4.69, 9.17) is 13.7 Å². The highest BCUT2D eigenvalue weighted by atomic mass is 16.5. The fourth-order valence-electron chi connectivity index (χ4n) is 3.43. The molecule has 0 radical (unpaired) electrons. The Hall–Kier alpha value is -3.94. The molecule has 1 N–H and O–H groups in total. The van der Waals surface area contributed by atoms with Gasteiger partial charge in [-0.1, -0.05) is 11.2 Å². The van der Waals surface area contributed by atoms with Gasteiger partial charge in [-0.2, -0.15) is 0 Å². The van der Waals surface area contributed by atoms with Crippen LogP contribution in [0, 0.1) is 20.8 Å². The van der Waals surface area contributed by atoms with E-state index in [2.05, 4.69) is 15.5 Å². The number of hydrogen-bond acceptors (Lipinski definition) is 7. The first-order chi connectivity index (χ1) is 14.9. The third kappa shape index (κ3) is 3.92. The largest absolute Gasteiger partial charge is 0.466 e. The number of aromatic nitrogens is 2. The molecule has 0 saturated heterocycles. The number of pyridine rings is 1. The highest BCUT2D eigenvalue weighted by Crippen LogP contribution is 2.31. The summed E-state index contributed by atoms with van der Waals surface area (Å²) in [6.45, 7) is 7.43. The first-order valence-corrected chi connectivity index (χ1v) is 9.80. The number of ether oxygens (including phenoxy) is 1. The highest BCUT2D eigenvalue weighted by molar-refractivity contribution is 6.13. The predicted octanol–water partition coefficient (Wildman–Crippen LogP) is 4.84. The van der Waals surface area contributed by atoms with Crippen molar-refractivity contribution in [2.45, 2.75) is 27.7 Å². The first kappa shape index (κ1) is 20.3. The average Bonchev–Trinajstić information content (AvgIpc) is 3.29. The lowest BCUT2D eigenvalue weighted by molar-refractivity contribution is 0.0526. The number of furan rings is 1. The summed E-state index contributed by atoms with van der Waals surface area (Å²) in [7, 11) is 0. The second kappa shape index (κ2) is 8.06. The van der Waals surface area contributed by atoms with Crippen LogP contribution in [0.25, 0.3) is 22.4 Å². The Labute approximate surface area is 178 Å². The molecule has 0 spiro atoms. The summed E-state index contributed by atoms with van der Waals surface area (Å²) >= 11 is 0. The lowest BCUT2D eigenvalue weighted by atomic mass is 10.1. The van der Waals surface area contributed by atoms with E-state index in [0.29, 0.717) is 39.3 Å². The zero-order chi connectivity index (χ0) is 22.1.